The fraction of sp³-hybridized carbons (Fsp3) is 0.250. The Kier molecular flexibility index (Phi) is 4.01. The summed E-state index contributed by atoms with van der Waals surface area (Å²) in [7, 11) is 0. The average molecular weight is 276 g/mol. The molecule has 0 unspecified atom stereocenters. The Balaban J connectivity index is 2.16. The summed E-state index contributed by atoms with van der Waals surface area (Å²) in [6.07, 6.45) is 0. The highest BCUT2D eigenvalue weighted by Crippen LogP contribution is 2.26. The maximum Gasteiger partial charge on any atom is 0.134 e. The summed E-state index contributed by atoms with van der Waals surface area (Å²) in [6, 6.07) is 9.52. The fourth-order valence-corrected chi connectivity index (χ4v) is 2.48. The average Bonchev–Trinajstić information content (AvgIpc) is 2.32. The maximum absolute atomic E-state index is 9.39. The van der Waals surface area contributed by atoms with Crippen LogP contribution in [0.3, 0.4) is 0 Å². The van der Waals surface area contributed by atoms with Crippen molar-refractivity contribution < 1.29 is 5.11 Å². The maximum atomic E-state index is 9.39. The zero-order chi connectivity index (χ0) is 14.0. The highest BCUT2D eigenvalue weighted by Gasteiger charge is 2.05. The molecular formula is C16H18ClNO. The first-order valence-electron chi connectivity index (χ1n) is 6.26. The van der Waals surface area contributed by atoms with E-state index in [-0.39, 0.29) is 5.75 Å². The number of aryl methyl sites for hydroxylation is 3. The molecule has 2 rings (SSSR count). The highest BCUT2D eigenvalue weighted by atomic mass is 35.5. The summed E-state index contributed by atoms with van der Waals surface area (Å²) in [4.78, 5) is 0. The molecule has 2 nitrogen and oxygen atoms in total. The van der Waals surface area contributed by atoms with Crippen molar-refractivity contribution in [3.8, 4) is 5.75 Å². The van der Waals surface area contributed by atoms with Gasteiger partial charge in [0.1, 0.15) is 5.75 Å². The monoisotopic (exact) mass is 275 g/mol. The van der Waals surface area contributed by atoms with Crippen LogP contribution in [-0.2, 0) is 6.54 Å². The Morgan fingerprint density at radius 2 is 1.68 bits per heavy atom. The number of anilines is 1. The molecule has 0 fully saturated rings. The molecule has 3 heteroatoms. The van der Waals surface area contributed by atoms with E-state index in [1.54, 1.807) is 12.1 Å². The quantitative estimate of drug-likeness (QED) is 0.804. The molecule has 2 aromatic rings. The van der Waals surface area contributed by atoms with E-state index in [1.165, 1.54) is 22.3 Å². The summed E-state index contributed by atoms with van der Waals surface area (Å²) in [6.45, 7) is 7.11. The van der Waals surface area contributed by atoms with Crippen LogP contribution in [0.15, 0.2) is 30.3 Å². The zero-order valence-electron chi connectivity index (χ0n) is 11.4. The Hall–Kier alpha value is -1.67. The Morgan fingerprint density at radius 3 is 2.26 bits per heavy atom. The lowest BCUT2D eigenvalue weighted by Crippen LogP contribution is -2.04. The number of benzene rings is 2. The van der Waals surface area contributed by atoms with Crippen LogP contribution >= 0.6 is 11.6 Å². The number of nitrogens with one attached hydrogen (secondary N) is 1. The molecule has 0 aliphatic rings. The van der Waals surface area contributed by atoms with Gasteiger partial charge in [-0.15, -0.1) is 0 Å². The molecule has 0 atom stereocenters. The summed E-state index contributed by atoms with van der Waals surface area (Å²) in [5.74, 6) is 0.106. The Labute approximate surface area is 119 Å². The van der Waals surface area contributed by atoms with E-state index in [9.17, 15) is 5.11 Å². The van der Waals surface area contributed by atoms with E-state index in [1.807, 2.05) is 6.07 Å². The van der Waals surface area contributed by atoms with E-state index in [0.29, 0.717) is 5.02 Å². The smallest absolute Gasteiger partial charge is 0.134 e. The fourth-order valence-electron chi connectivity index (χ4n) is 2.30. The van der Waals surface area contributed by atoms with Crippen molar-refractivity contribution in [3.05, 3.63) is 57.6 Å². The number of hydrogen-bond donors (Lipinski definition) is 2. The largest absolute Gasteiger partial charge is 0.506 e. The number of aromatic hydroxyl groups is 1. The first-order valence-corrected chi connectivity index (χ1v) is 6.64. The lowest BCUT2D eigenvalue weighted by atomic mass is 10.00. The minimum absolute atomic E-state index is 0.106. The first kappa shape index (κ1) is 13.8. The number of phenols is 1. The molecule has 0 amide bonds. The number of phenolic OH excluding ortho intramolecular Hbond substituents is 1. The third kappa shape index (κ3) is 3.21. The van der Waals surface area contributed by atoms with E-state index < -0.39 is 0 Å². The second-order valence-corrected chi connectivity index (χ2v) is 5.30. The summed E-state index contributed by atoms with van der Waals surface area (Å²) < 4.78 is 0. The molecule has 0 radical (unpaired) electrons. The first-order chi connectivity index (χ1) is 8.97. The normalized spacial score (nSPS) is 10.5. The molecule has 19 heavy (non-hydrogen) atoms. The van der Waals surface area contributed by atoms with Gasteiger partial charge in [0.05, 0.1) is 5.02 Å². The van der Waals surface area contributed by atoms with Crippen LogP contribution in [0, 0.1) is 20.8 Å². The van der Waals surface area contributed by atoms with Crippen molar-refractivity contribution in [2.45, 2.75) is 27.3 Å². The van der Waals surface area contributed by atoms with Gasteiger partial charge in [0, 0.05) is 12.2 Å². The number of hydrogen-bond acceptors (Lipinski definition) is 2. The van der Waals surface area contributed by atoms with Gasteiger partial charge in [-0.1, -0.05) is 29.3 Å². The standard InChI is InChI=1S/C16H18ClNO/c1-10-6-11(2)14(12(3)7-10)9-18-13-4-5-16(19)15(17)8-13/h4-8,18-19H,9H2,1-3H3. The van der Waals surface area contributed by atoms with E-state index >= 15 is 0 Å². The Bertz CT molecular complexity index is 585. The van der Waals surface area contributed by atoms with Crippen molar-refractivity contribution in [2.75, 3.05) is 5.32 Å². The molecule has 0 bridgehead atoms. The third-order valence-electron chi connectivity index (χ3n) is 3.26. The third-order valence-corrected chi connectivity index (χ3v) is 3.56. The van der Waals surface area contributed by atoms with E-state index in [4.69, 9.17) is 11.6 Å². The van der Waals surface area contributed by atoms with Crippen LogP contribution in [0.5, 0.6) is 5.75 Å². The van der Waals surface area contributed by atoms with E-state index in [0.717, 1.165) is 12.2 Å². The van der Waals surface area contributed by atoms with Gasteiger partial charge in [-0.3, -0.25) is 0 Å². The van der Waals surface area contributed by atoms with Crippen LogP contribution in [0.25, 0.3) is 0 Å². The SMILES string of the molecule is Cc1cc(C)c(CNc2ccc(O)c(Cl)c2)c(C)c1. The van der Waals surface area contributed by atoms with Gasteiger partial charge in [0.2, 0.25) is 0 Å². The molecule has 0 aromatic heterocycles. The molecule has 100 valence electrons. The molecule has 0 saturated carbocycles. The second-order valence-electron chi connectivity index (χ2n) is 4.90. The van der Waals surface area contributed by atoms with Gasteiger partial charge in [-0.05, 0) is 55.7 Å². The van der Waals surface area contributed by atoms with Crippen LogP contribution in [0.1, 0.15) is 22.3 Å². The van der Waals surface area contributed by atoms with Crippen molar-refractivity contribution in [1.82, 2.24) is 0 Å². The van der Waals surface area contributed by atoms with Crippen molar-refractivity contribution in [3.63, 3.8) is 0 Å². The van der Waals surface area contributed by atoms with Gasteiger partial charge in [0.15, 0.2) is 0 Å². The van der Waals surface area contributed by atoms with Crippen molar-refractivity contribution in [1.29, 1.82) is 0 Å². The lowest BCUT2D eigenvalue weighted by molar-refractivity contribution is 0.475. The molecule has 0 heterocycles. The van der Waals surface area contributed by atoms with E-state index in [2.05, 4.69) is 38.2 Å². The predicted molar refractivity (Wildman–Crippen MR) is 81.1 cm³/mol. The molecular weight excluding hydrogens is 258 g/mol. The van der Waals surface area contributed by atoms with Gasteiger partial charge in [-0.2, -0.15) is 0 Å². The minimum Gasteiger partial charge on any atom is -0.506 e. The molecule has 0 spiro atoms. The molecule has 0 saturated heterocycles. The van der Waals surface area contributed by atoms with Gasteiger partial charge in [-0.25, -0.2) is 0 Å². The molecule has 2 N–H and O–H groups in total. The number of halogens is 1. The Morgan fingerprint density at radius 1 is 1.05 bits per heavy atom. The topological polar surface area (TPSA) is 32.3 Å². The van der Waals surface area contributed by atoms with Crippen molar-refractivity contribution in [2.24, 2.45) is 0 Å². The molecule has 0 aliphatic heterocycles. The van der Waals surface area contributed by atoms with Crippen molar-refractivity contribution >= 4 is 17.3 Å². The lowest BCUT2D eigenvalue weighted by Gasteiger charge is -2.13. The highest BCUT2D eigenvalue weighted by molar-refractivity contribution is 6.32. The van der Waals surface area contributed by atoms with Crippen LogP contribution in [0.4, 0.5) is 5.69 Å². The second kappa shape index (κ2) is 5.54. The van der Waals surface area contributed by atoms with Gasteiger partial charge >= 0.3 is 0 Å². The zero-order valence-corrected chi connectivity index (χ0v) is 12.2. The summed E-state index contributed by atoms with van der Waals surface area (Å²) in [5, 5.41) is 13.1. The molecule has 0 aliphatic carbocycles. The molecule has 2 aromatic carbocycles. The van der Waals surface area contributed by atoms with Crippen LogP contribution in [0.2, 0.25) is 5.02 Å². The van der Waals surface area contributed by atoms with Gasteiger partial charge in [0.25, 0.3) is 0 Å². The van der Waals surface area contributed by atoms with Crippen LogP contribution in [-0.4, -0.2) is 5.11 Å². The number of rotatable bonds is 3. The summed E-state index contributed by atoms with van der Waals surface area (Å²) in [5.41, 5.74) is 6.06. The van der Waals surface area contributed by atoms with Gasteiger partial charge < -0.3 is 10.4 Å². The minimum atomic E-state index is 0.106. The predicted octanol–water partition coefficient (Wildman–Crippen LogP) is 4.58. The summed E-state index contributed by atoms with van der Waals surface area (Å²) >= 11 is 5.89. The van der Waals surface area contributed by atoms with Crippen LogP contribution < -0.4 is 5.32 Å².